The third-order valence-corrected chi connectivity index (χ3v) is 4.57. The van der Waals surface area contributed by atoms with Gasteiger partial charge in [-0.05, 0) is 24.3 Å². The number of aliphatic imine (C=N–C) groups is 1. The molecule has 0 atom stereocenters. The molecule has 0 aliphatic heterocycles. The molecule has 0 fully saturated rings. The fourth-order valence-corrected chi connectivity index (χ4v) is 3.21. The number of phenolic OH excluding ortho intramolecular Hbond substituents is 1. The maximum atomic E-state index is 10.2. The minimum absolute atomic E-state index is 0.260. The van der Waals surface area contributed by atoms with Crippen molar-refractivity contribution in [1.82, 2.24) is 0 Å². The molecule has 0 aliphatic rings. The van der Waals surface area contributed by atoms with Gasteiger partial charge in [0.25, 0.3) is 0 Å². The van der Waals surface area contributed by atoms with E-state index in [1.54, 1.807) is 17.8 Å². The number of aromatic hydroxyl groups is 1. The van der Waals surface area contributed by atoms with Crippen molar-refractivity contribution in [2.24, 2.45) is 4.99 Å². The number of phenols is 1. The highest BCUT2D eigenvalue weighted by Crippen LogP contribution is 2.21. The smallest absolute Gasteiger partial charge is 0.124 e. The molecular formula is C21H19NOS. The highest BCUT2D eigenvalue weighted by Gasteiger charge is 2.10. The highest BCUT2D eigenvalue weighted by molar-refractivity contribution is 7.99. The normalized spacial score (nSPS) is 11.4. The van der Waals surface area contributed by atoms with Gasteiger partial charge in [0.05, 0.1) is 5.71 Å². The van der Waals surface area contributed by atoms with Crippen molar-refractivity contribution in [2.45, 2.75) is 4.90 Å². The summed E-state index contributed by atoms with van der Waals surface area (Å²) in [6.07, 6.45) is 0. The molecule has 0 aliphatic carbocycles. The maximum Gasteiger partial charge on any atom is 0.124 e. The average Bonchev–Trinajstić information content (AvgIpc) is 2.64. The zero-order valence-corrected chi connectivity index (χ0v) is 14.1. The lowest BCUT2D eigenvalue weighted by Gasteiger charge is -2.09. The average molecular weight is 333 g/mol. The first-order valence-corrected chi connectivity index (χ1v) is 8.89. The van der Waals surface area contributed by atoms with Crippen LogP contribution in [0.1, 0.15) is 11.1 Å². The van der Waals surface area contributed by atoms with Crippen molar-refractivity contribution in [2.75, 3.05) is 12.3 Å². The Hall–Kier alpha value is -2.52. The summed E-state index contributed by atoms with van der Waals surface area (Å²) in [6.45, 7) is 0.693. The molecule has 0 bridgehead atoms. The highest BCUT2D eigenvalue weighted by atomic mass is 32.2. The van der Waals surface area contributed by atoms with Gasteiger partial charge < -0.3 is 5.11 Å². The molecule has 1 N–H and O–H groups in total. The van der Waals surface area contributed by atoms with Gasteiger partial charge in [0.1, 0.15) is 5.75 Å². The van der Waals surface area contributed by atoms with Crippen LogP contribution in [0.5, 0.6) is 5.75 Å². The predicted molar refractivity (Wildman–Crippen MR) is 102 cm³/mol. The second-order valence-corrected chi connectivity index (χ2v) is 6.44. The summed E-state index contributed by atoms with van der Waals surface area (Å²) in [6, 6.07) is 27.7. The van der Waals surface area contributed by atoms with Gasteiger partial charge in [0.2, 0.25) is 0 Å². The van der Waals surface area contributed by atoms with Crippen molar-refractivity contribution in [3.63, 3.8) is 0 Å². The lowest BCUT2D eigenvalue weighted by molar-refractivity contribution is 0.474. The Bertz CT molecular complexity index is 800. The van der Waals surface area contributed by atoms with Crippen LogP contribution in [0.25, 0.3) is 0 Å². The molecule has 0 aromatic heterocycles. The van der Waals surface area contributed by atoms with Crippen LogP contribution in [0.2, 0.25) is 0 Å². The molecule has 0 radical (unpaired) electrons. The molecular weight excluding hydrogens is 314 g/mol. The fourth-order valence-electron chi connectivity index (χ4n) is 2.44. The van der Waals surface area contributed by atoms with Gasteiger partial charge in [-0.3, -0.25) is 4.99 Å². The number of para-hydroxylation sites is 1. The van der Waals surface area contributed by atoms with Gasteiger partial charge in [0.15, 0.2) is 0 Å². The largest absolute Gasteiger partial charge is 0.507 e. The fraction of sp³-hybridized carbons (Fsp3) is 0.0952. The van der Waals surface area contributed by atoms with Crippen molar-refractivity contribution in [3.05, 3.63) is 96.1 Å². The molecule has 0 amide bonds. The van der Waals surface area contributed by atoms with Crippen molar-refractivity contribution in [3.8, 4) is 5.75 Å². The van der Waals surface area contributed by atoms with Crippen molar-refractivity contribution < 1.29 is 5.11 Å². The maximum absolute atomic E-state index is 10.2. The van der Waals surface area contributed by atoms with Crippen LogP contribution < -0.4 is 0 Å². The van der Waals surface area contributed by atoms with Crippen LogP contribution >= 0.6 is 11.8 Å². The summed E-state index contributed by atoms with van der Waals surface area (Å²) in [5.74, 6) is 1.16. The van der Waals surface area contributed by atoms with Crippen molar-refractivity contribution in [1.29, 1.82) is 0 Å². The second-order valence-electron chi connectivity index (χ2n) is 5.28. The Morgan fingerprint density at radius 2 is 1.42 bits per heavy atom. The van der Waals surface area contributed by atoms with E-state index in [4.69, 9.17) is 4.99 Å². The first-order valence-electron chi connectivity index (χ1n) is 7.90. The van der Waals surface area contributed by atoms with Gasteiger partial charge in [0, 0.05) is 28.3 Å². The van der Waals surface area contributed by atoms with E-state index in [1.165, 1.54) is 4.90 Å². The summed E-state index contributed by atoms with van der Waals surface area (Å²) in [5, 5.41) is 10.2. The molecule has 120 valence electrons. The number of thioether (sulfide) groups is 1. The van der Waals surface area contributed by atoms with Gasteiger partial charge in [-0.15, -0.1) is 11.8 Å². The van der Waals surface area contributed by atoms with E-state index in [0.717, 1.165) is 22.6 Å². The Labute approximate surface area is 146 Å². The van der Waals surface area contributed by atoms with Crippen LogP contribution in [0.3, 0.4) is 0 Å². The van der Waals surface area contributed by atoms with Crippen LogP contribution in [0.4, 0.5) is 0 Å². The molecule has 3 aromatic carbocycles. The van der Waals surface area contributed by atoms with Crippen LogP contribution in [0, 0.1) is 0 Å². The van der Waals surface area contributed by atoms with E-state index in [-0.39, 0.29) is 5.75 Å². The summed E-state index contributed by atoms with van der Waals surface area (Å²) in [7, 11) is 0. The SMILES string of the molecule is Oc1ccccc1C(=NCCSc1ccccc1)c1ccccc1. The quantitative estimate of drug-likeness (QED) is 0.390. The summed E-state index contributed by atoms with van der Waals surface area (Å²) in [4.78, 5) is 6.02. The van der Waals surface area contributed by atoms with Crippen LogP contribution in [0.15, 0.2) is 94.8 Å². The molecule has 0 saturated carbocycles. The number of hydrogen-bond acceptors (Lipinski definition) is 3. The molecule has 0 spiro atoms. The summed E-state index contributed by atoms with van der Waals surface area (Å²) in [5.41, 5.74) is 2.62. The first-order chi connectivity index (χ1) is 11.8. The standard InChI is InChI=1S/C21H19NOS/c23-20-14-8-7-13-19(20)21(17-9-3-1-4-10-17)22-15-16-24-18-11-5-2-6-12-18/h1-14,23H,15-16H2. The second kappa shape index (κ2) is 8.37. The summed E-state index contributed by atoms with van der Waals surface area (Å²) < 4.78 is 0. The predicted octanol–water partition coefficient (Wildman–Crippen LogP) is 5.02. The number of benzene rings is 3. The first kappa shape index (κ1) is 16.3. The Balaban J connectivity index is 1.79. The summed E-state index contributed by atoms with van der Waals surface area (Å²) >= 11 is 1.79. The van der Waals surface area contributed by atoms with E-state index >= 15 is 0 Å². The zero-order valence-electron chi connectivity index (χ0n) is 13.3. The molecule has 24 heavy (non-hydrogen) atoms. The van der Waals surface area contributed by atoms with Crippen LogP contribution in [-0.2, 0) is 0 Å². The third-order valence-electron chi connectivity index (χ3n) is 3.58. The molecule has 0 saturated heterocycles. The van der Waals surface area contributed by atoms with E-state index in [2.05, 4.69) is 12.1 Å². The molecule has 3 rings (SSSR count). The number of hydrogen-bond donors (Lipinski definition) is 1. The van der Waals surface area contributed by atoms with Gasteiger partial charge >= 0.3 is 0 Å². The molecule has 0 unspecified atom stereocenters. The van der Waals surface area contributed by atoms with Crippen molar-refractivity contribution >= 4 is 17.5 Å². The monoisotopic (exact) mass is 333 g/mol. The molecule has 3 aromatic rings. The number of rotatable bonds is 6. The molecule has 3 heteroatoms. The molecule has 0 heterocycles. The Kier molecular flexibility index (Phi) is 5.70. The van der Waals surface area contributed by atoms with E-state index in [1.807, 2.05) is 66.7 Å². The topological polar surface area (TPSA) is 32.6 Å². The Morgan fingerprint density at radius 1 is 0.792 bits per heavy atom. The van der Waals surface area contributed by atoms with E-state index in [9.17, 15) is 5.11 Å². The lowest BCUT2D eigenvalue weighted by Crippen LogP contribution is -2.05. The van der Waals surface area contributed by atoms with E-state index < -0.39 is 0 Å². The molecule has 2 nitrogen and oxygen atoms in total. The van der Waals surface area contributed by atoms with Gasteiger partial charge in [-0.1, -0.05) is 60.7 Å². The zero-order chi connectivity index (χ0) is 16.6. The lowest BCUT2D eigenvalue weighted by atomic mass is 10.0. The Morgan fingerprint density at radius 3 is 2.12 bits per heavy atom. The minimum Gasteiger partial charge on any atom is -0.507 e. The number of nitrogens with zero attached hydrogens (tertiary/aromatic N) is 1. The third kappa shape index (κ3) is 4.27. The van der Waals surface area contributed by atoms with Gasteiger partial charge in [-0.25, -0.2) is 0 Å². The van der Waals surface area contributed by atoms with Gasteiger partial charge in [-0.2, -0.15) is 0 Å². The van der Waals surface area contributed by atoms with E-state index in [0.29, 0.717) is 6.54 Å². The minimum atomic E-state index is 0.260. The van der Waals surface area contributed by atoms with Crippen LogP contribution in [-0.4, -0.2) is 23.1 Å².